The van der Waals surface area contributed by atoms with E-state index >= 15 is 0 Å². The van der Waals surface area contributed by atoms with Gasteiger partial charge in [0, 0.05) is 42.9 Å². The van der Waals surface area contributed by atoms with Gasteiger partial charge in [-0.1, -0.05) is 0 Å². The second-order valence-electron chi connectivity index (χ2n) is 9.53. The lowest BCUT2D eigenvalue weighted by atomic mass is 10.2. The van der Waals surface area contributed by atoms with Gasteiger partial charge in [-0.25, -0.2) is 14.3 Å². The summed E-state index contributed by atoms with van der Waals surface area (Å²) in [4.78, 5) is 20.5. The van der Waals surface area contributed by atoms with E-state index in [2.05, 4.69) is 10.4 Å². The lowest BCUT2D eigenvalue weighted by Crippen LogP contribution is -2.32. The van der Waals surface area contributed by atoms with Crippen LogP contribution in [0, 0.1) is 0 Å². The van der Waals surface area contributed by atoms with E-state index < -0.39 is 22.2 Å². The maximum absolute atomic E-state index is 13.2. The molecule has 4 heterocycles. The molecule has 2 aliphatic heterocycles. The first-order valence-electron chi connectivity index (χ1n) is 13.2. The molecule has 3 aromatic rings. The number of hydrogen-bond donors (Lipinski definition) is 1. The summed E-state index contributed by atoms with van der Waals surface area (Å²) in [6.45, 7) is 4.50. The molecule has 1 atom stereocenters. The van der Waals surface area contributed by atoms with Crippen molar-refractivity contribution in [3.63, 3.8) is 0 Å². The molecule has 1 N–H and O–H groups in total. The van der Waals surface area contributed by atoms with Crippen LogP contribution in [0.25, 0.3) is 16.5 Å². The number of amides is 1. The van der Waals surface area contributed by atoms with Crippen LogP contribution in [0.1, 0.15) is 37.7 Å². The van der Waals surface area contributed by atoms with Crippen molar-refractivity contribution >= 4 is 33.3 Å². The Morgan fingerprint density at radius 1 is 1.08 bits per heavy atom. The number of hydrogen-bond acceptors (Lipinski definition) is 8. The molecule has 1 unspecified atom stereocenters. The Morgan fingerprint density at radius 2 is 1.90 bits per heavy atom. The quantitative estimate of drug-likeness (QED) is 0.267. The highest BCUT2D eigenvalue weighted by molar-refractivity contribution is 7.92. The number of nitrogens with zero attached hydrogens (tertiary/aromatic N) is 2. The first-order valence-corrected chi connectivity index (χ1v) is 15.5. The molecule has 0 radical (unpaired) electrons. The van der Waals surface area contributed by atoms with Gasteiger partial charge in [0.05, 0.1) is 0 Å². The predicted molar refractivity (Wildman–Crippen MR) is 150 cm³/mol. The van der Waals surface area contributed by atoms with E-state index in [9.17, 15) is 13.2 Å². The highest BCUT2D eigenvalue weighted by Gasteiger charge is 2.20. The number of hydroxylamine groups is 1. The maximum Gasteiger partial charge on any atom is 0.277 e. The van der Waals surface area contributed by atoms with Crippen LogP contribution in [0.5, 0.6) is 5.75 Å². The van der Waals surface area contributed by atoms with Gasteiger partial charge in [-0.2, -0.15) is 8.42 Å². The van der Waals surface area contributed by atoms with Crippen molar-refractivity contribution < 1.29 is 27.5 Å². The summed E-state index contributed by atoms with van der Waals surface area (Å²) in [7, 11) is -3.77. The second-order valence-corrected chi connectivity index (χ2v) is 12.7. The van der Waals surface area contributed by atoms with Crippen molar-refractivity contribution in [3.05, 3.63) is 66.5 Å². The van der Waals surface area contributed by atoms with Crippen LogP contribution in [-0.4, -0.2) is 62.3 Å². The van der Waals surface area contributed by atoms with E-state index in [1.54, 1.807) is 12.1 Å². The van der Waals surface area contributed by atoms with E-state index in [0.717, 1.165) is 59.1 Å². The Balaban J connectivity index is 1.15. The van der Waals surface area contributed by atoms with Crippen molar-refractivity contribution in [2.24, 2.45) is 0 Å². The number of ether oxygens (including phenoxy) is 2. The molecule has 2 fully saturated rings. The van der Waals surface area contributed by atoms with Gasteiger partial charge in [0.2, 0.25) is 0 Å². The van der Waals surface area contributed by atoms with Crippen LogP contribution >= 0.6 is 11.3 Å². The number of carbonyl (C=O) groups is 1. The van der Waals surface area contributed by atoms with E-state index in [1.807, 2.05) is 30.3 Å². The lowest BCUT2D eigenvalue weighted by molar-refractivity contribution is -0.198. The minimum Gasteiger partial charge on any atom is -0.492 e. The Morgan fingerprint density at radius 3 is 2.67 bits per heavy atom. The highest BCUT2D eigenvalue weighted by Crippen LogP contribution is 2.33. The largest absolute Gasteiger partial charge is 0.492 e. The van der Waals surface area contributed by atoms with Crippen molar-refractivity contribution in [3.8, 4) is 16.2 Å². The number of likely N-dealkylation sites (tertiary alicyclic amines) is 1. The predicted octanol–water partition coefficient (Wildman–Crippen LogP) is 4.52. The summed E-state index contributed by atoms with van der Waals surface area (Å²) in [6.07, 6.45) is 10.6. The summed E-state index contributed by atoms with van der Waals surface area (Å²) in [5.74, 6) is 0.350. The number of thiophene rings is 1. The first kappa shape index (κ1) is 27.6. The SMILES string of the molecule is O=C(C=Cc1ccn(S(=O)(=O)c2ccc(-c3ccc(OCCN4CCCC4)cc3)s2)c1)NOC1CCCCO1. The number of rotatable bonds is 11. The number of benzene rings is 1. The zero-order valence-corrected chi connectivity index (χ0v) is 23.3. The van der Waals surface area contributed by atoms with Crippen molar-refractivity contribution in [2.45, 2.75) is 42.6 Å². The summed E-state index contributed by atoms with van der Waals surface area (Å²) in [5.41, 5.74) is 3.84. The van der Waals surface area contributed by atoms with Gasteiger partial charge in [-0.3, -0.25) is 9.69 Å². The van der Waals surface area contributed by atoms with Gasteiger partial charge in [-0.15, -0.1) is 11.3 Å². The average molecular weight is 572 g/mol. The Labute approximate surface area is 233 Å². The molecule has 9 nitrogen and oxygen atoms in total. The van der Waals surface area contributed by atoms with E-state index in [4.69, 9.17) is 14.3 Å². The molecule has 0 saturated carbocycles. The molecule has 0 aliphatic carbocycles. The van der Waals surface area contributed by atoms with Crippen LogP contribution in [-0.2, 0) is 24.4 Å². The number of carbonyl (C=O) groups excluding carboxylic acids is 1. The maximum atomic E-state index is 13.2. The van der Waals surface area contributed by atoms with Gasteiger partial charge >= 0.3 is 0 Å². The topological polar surface area (TPSA) is 99.1 Å². The van der Waals surface area contributed by atoms with Gasteiger partial charge in [-0.05, 0) is 98.4 Å². The molecule has 0 bridgehead atoms. The molecular formula is C28H33N3O6S2. The third-order valence-electron chi connectivity index (χ3n) is 6.67. The number of nitrogens with one attached hydrogen (secondary N) is 1. The van der Waals surface area contributed by atoms with Crippen LogP contribution in [0.3, 0.4) is 0 Å². The summed E-state index contributed by atoms with van der Waals surface area (Å²) in [6, 6.07) is 12.8. The molecule has 1 amide bonds. The fourth-order valence-corrected chi connectivity index (χ4v) is 7.13. The van der Waals surface area contributed by atoms with Gasteiger partial charge in [0.1, 0.15) is 16.6 Å². The minimum atomic E-state index is -3.77. The molecule has 2 aromatic heterocycles. The molecule has 2 saturated heterocycles. The number of aromatic nitrogens is 1. The Kier molecular flexibility index (Phi) is 9.15. The normalized spacial score (nSPS) is 18.5. The lowest BCUT2D eigenvalue weighted by Gasteiger charge is -2.21. The van der Waals surface area contributed by atoms with Crippen LogP contribution in [0.4, 0.5) is 0 Å². The smallest absolute Gasteiger partial charge is 0.277 e. The first-order chi connectivity index (χ1) is 19.0. The zero-order chi connectivity index (χ0) is 27.1. The zero-order valence-electron chi connectivity index (χ0n) is 21.7. The van der Waals surface area contributed by atoms with E-state index in [1.165, 1.54) is 48.7 Å². The average Bonchev–Trinajstić information content (AvgIpc) is 3.74. The fourth-order valence-electron chi connectivity index (χ4n) is 4.51. The molecule has 11 heteroatoms. The highest BCUT2D eigenvalue weighted by atomic mass is 32.2. The summed E-state index contributed by atoms with van der Waals surface area (Å²) < 4.78 is 39.1. The fraction of sp³-hybridized carbons (Fsp3) is 0.393. The van der Waals surface area contributed by atoms with Crippen molar-refractivity contribution in [2.75, 3.05) is 32.8 Å². The Hall–Kier alpha value is -2.96. The van der Waals surface area contributed by atoms with Crippen molar-refractivity contribution in [1.29, 1.82) is 0 Å². The van der Waals surface area contributed by atoms with Crippen LogP contribution < -0.4 is 10.2 Å². The van der Waals surface area contributed by atoms with Crippen molar-refractivity contribution in [1.82, 2.24) is 14.4 Å². The van der Waals surface area contributed by atoms with Crippen LogP contribution in [0.2, 0.25) is 0 Å². The molecule has 208 valence electrons. The molecule has 39 heavy (non-hydrogen) atoms. The molecular weight excluding hydrogens is 538 g/mol. The Bertz CT molecular complexity index is 1370. The standard InChI is InChI=1S/C28H33N3O6S2/c32-26(29-37-27-5-1-4-19-36-27)12-6-22-14-17-31(21-22)39(33,34)28-13-11-25(38-28)23-7-9-24(10-8-23)35-20-18-30-15-2-3-16-30/h6-14,17,21,27H,1-5,15-16,18-20H2,(H,29,32). The molecule has 0 spiro atoms. The monoisotopic (exact) mass is 571 g/mol. The molecule has 1 aromatic carbocycles. The summed E-state index contributed by atoms with van der Waals surface area (Å²) >= 11 is 1.21. The van der Waals surface area contributed by atoms with Gasteiger partial charge in [0.15, 0.2) is 6.29 Å². The van der Waals surface area contributed by atoms with E-state index in [0.29, 0.717) is 18.8 Å². The van der Waals surface area contributed by atoms with E-state index in [-0.39, 0.29) is 4.21 Å². The second kappa shape index (κ2) is 12.9. The third-order valence-corrected chi connectivity index (χ3v) is 9.91. The minimum absolute atomic E-state index is 0.230. The van der Waals surface area contributed by atoms with Gasteiger partial charge < -0.3 is 9.47 Å². The summed E-state index contributed by atoms with van der Waals surface area (Å²) in [5, 5.41) is 0. The van der Waals surface area contributed by atoms with Gasteiger partial charge in [0.25, 0.3) is 15.9 Å². The molecule has 5 rings (SSSR count). The van der Waals surface area contributed by atoms with Crippen LogP contribution in [0.15, 0.2) is 65.1 Å². The third kappa shape index (κ3) is 7.37. The molecule has 2 aliphatic rings.